The minimum Gasteiger partial charge on any atom is -0.489 e. The van der Waals surface area contributed by atoms with Crippen molar-refractivity contribution in [3.63, 3.8) is 0 Å². The largest absolute Gasteiger partial charge is 0.489 e. The van der Waals surface area contributed by atoms with Gasteiger partial charge >= 0.3 is 0 Å². The number of hydrogen-bond acceptors (Lipinski definition) is 4. The molecule has 2 heterocycles. The van der Waals surface area contributed by atoms with Gasteiger partial charge in [-0.25, -0.2) is 0 Å². The number of nitrogens with one attached hydrogen (secondary N) is 2. The number of amides is 1. The highest BCUT2D eigenvalue weighted by Gasteiger charge is 2.18. The summed E-state index contributed by atoms with van der Waals surface area (Å²) in [6.45, 7) is 5.80. The molecule has 26 heavy (non-hydrogen) atoms. The van der Waals surface area contributed by atoms with Crippen molar-refractivity contribution >= 4 is 35.6 Å². The topological polar surface area (TPSA) is 68.2 Å². The molecule has 1 amide bonds. The molecule has 1 aliphatic heterocycles. The summed E-state index contributed by atoms with van der Waals surface area (Å²) >= 11 is 6.21. The molecule has 0 radical (unpaired) electrons. The Labute approximate surface area is 164 Å². The monoisotopic (exact) mass is 398 g/mol. The maximum Gasteiger partial charge on any atom is 0.276 e. The van der Waals surface area contributed by atoms with Gasteiger partial charge in [0.2, 0.25) is 0 Å². The van der Waals surface area contributed by atoms with Gasteiger partial charge < -0.3 is 15.4 Å². The number of aromatic nitrogens is 2. The second kappa shape index (κ2) is 9.26. The molecular weight excluding hydrogens is 375 g/mol. The molecule has 0 spiro atoms. The van der Waals surface area contributed by atoms with E-state index < -0.39 is 0 Å². The lowest BCUT2D eigenvalue weighted by atomic mass is 10.1. The summed E-state index contributed by atoms with van der Waals surface area (Å²) in [5.41, 5.74) is 1.00. The van der Waals surface area contributed by atoms with Gasteiger partial charge in [0.25, 0.3) is 5.91 Å². The average Bonchev–Trinajstić information content (AvgIpc) is 3.08. The molecule has 1 aromatic carbocycles. The second-order valence-corrected chi connectivity index (χ2v) is 6.85. The maximum atomic E-state index is 12.4. The summed E-state index contributed by atoms with van der Waals surface area (Å²) in [5, 5.41) is 11.1. The standard InChI is InChI=1S/C18H23ClN4O2.ClH/c1-12(2)25-17-6-5-13(10-15(17)19)21-18(24)16-7-9-23(22-16)14-4-3-8-20-11-14;/h5-7,9-10,12,14,20H,3-4,8,11H2,1-2H3,(H,21,24);1H. The van der Waals surface area contributed by atoms with Crippen LogP contribution in [0.1, 0.15) is 43.2 Å². The van der Waals surface area contributed by atoms with E-state index in [1.807, 2.05) is 24.7 Å². The van der Waals surface area contributed by atoms with Crippen molar-refractivity contribution in [1.29, 1.82) is 0 Å². The number of piperidine rings is 1. The van der Waals surface area contributed by atoms with Crippen LogP contribution in [0.25, 0.3) is 0 Å². The molecule has 3 rings (SSSR count). The second-order valence-electron chi connectivity index (χ2n) is 6.45. The lowest BCUT2D eigenvalue weighted by Gasteiger charge is -2.22. The number of benzene rings is 1. The van der Waals surface area contributed by atoms with Crippen LogP contribution in [0, 0.1) is 0 Å². The summed E-state index contributed by atoms with van der Waals surface area (Å²) in [7, 11) is 0. The van der Waals surface area contributed by atoms with Crippen LogP contribution in [0.2, 0.25) is 5.02 Å². The minimum absolute atomic E-state index is 0. The summed E-state index contributed by atoms with van der Waals surface area (Å²) in [5.74, 6) is 0.347. The predicted molar refractivity (Wildman–Crippen MR) is 106 cm³/mol. The van der Waals surface area contributed by atoms with Crippen LogP contribution in [0.15, 0.2) is 30.5 Å². The van der Waals surface area contributed by atoms with E-state index in [1.165, 1.54) is 0 Å². The molecule has 0 bridgehead atoms. The molecule has 2 aromatic rings. The van der Waals surface area contributed by atoms with Crippen molar-refractivity contribution in [3.8, 4) is 5.75 Å². The van der Waals surface area contributed by atoms with Crippen molar-refractivity contribution in [2.24, 2.45) is 0 Å². The fourth-order valence-electron chi connectivity index (χ4n) is 2.84. The van der Waals surface area contributed by atoms with Crippen LogP contribution in [-0.2, 0) is 0 Å². The third-order valence-electron chi connectivity index (χ3n) is 4.04. The van der Waals surface area contributed by atoms with Gasteiger partial charge in [0.15, 0.2) is 5.69 Å². The zero-order valence-electron chi connectivity index (χ0n) is 14.9. The predicted octanol–water partition coefficient (Wildman–Crippen LogP) is 3.92. The van der Waals surface area contributed by atoms with Crippen molar-refractivity contribution in [3.05, 3.63) is 41.2 Å². The smallest absolute Gasteiger partial charge is 0.276 e. The van der Waals surface area contributed by atoms with Crippen LogP contribution in [0.4, 0.5) is 5.69 Å². The Bertz CT molecular complexity index is 743. The Hall–Kier alpha value is -1.76. The van der Waals surface area contributed by atoms with Crippen molar-refractivity contribution in [1.82, 2.24) is 15.1 Å². The van der Waals surface area contributed by atoms with E-state index in [0.29, 0.717) is 28.2 Å². The molecule has 8 heteroatoms. The van der Waals surface area contributed by atoms with E-state index >= 15 is 0 Å². The van der Waals surface area contributed by atoms with Gasteiger partial charge in [-0.05, 0) is 57.5 Å². The number of carbonyl (C=O) groups is 1. The highest BCUT2D eigenvalue weighted by Crippen LogP contribution is 2.28. The molecule has 1 aromatic heterocycles. The number of hydrogen-bond donors (Lipinski definition) is 2. The zero-order chi connectivity index (χ0) is 17.8. The lowest BCUT2D eigenvalue weighted by Crippen LogP contribution is -2.32. The zero-order valence-corrected chi connectivity index (χ0v) is 16.4. The van der Waals surface area contributed by atoms with Crippen molar-refractivity contribution in [2.75, 3.05) is 18.4 Å². The Balaban J connectivity index is 0.00000243. The highest BCUT2D eigenvalue weighted by atomic mass is 35.5. The number of ether oxygens (including phenoxy) is 1. The van der Waals surface area contributed by atoms with E-state index in [9.17, 15) is 4.79 Å². The normalized spacial score (nSPS) is 16.8. The first-order chi connectivity index (χ1) is 12.0. The summed E-state index contributed by atoms with van der Waals surface area (Å²) in [6, 6.07) is 7.24. The van der Waals surface area contributed by atoms with E-state index in [2.05, 4.69) is 15.7 Å². The van der Waals surface area contributed by atoms with Crippen molar-refractivity contribution < 1.29 is 9.53 Å². The quantitative estimate of drug-likeness (QED) is 0.800. The van der Waals surface area contributed by atoms with Gasteiger partial charge in [-0.15, -0.1) is 12.4 Å². The molecule has 1 unspecified atom stereocenters. The number of halogens is 2. The first-order valence-corrected chi connectivity index (χ1v) is 8.94. The Kier molecular flexibility index (Phi) is 7.32. The van der Waals surface area contributed by atoms with E-state index in [1.54, 1.807) is 24.3 Å². The first kappa shape index (κ1) is 20.6. The van der Waals surface area contributed by atoms with E-state index in [0.717, 1.165) is 25.9 Å². The molecule has 1 saturated heterocycles. The SMILES string of the molecule is CC(C)Oc1ccc(NC(=O)c2ccn(C3CCCNC3)n2)cc1Cl.Cl. The third-order valence-corrected chi connectivity index (χ3v) is 4.33. The van der Waals surface area contributed by atoms with E-state index in [4.69, 9.17) is 16.3 Å². The summed E-state index contributed by atoms with van der Waals surface area (Å²) < 4.78 is 7.46. The van der Waals surface area contributed by atoms with Crippen LogP contribution in [0.3, 0.4) is 0 Å². The Morgan fingerprint density at radius 2 is 2.23 bits per heavy atom. The molecule has 0 aliphatic carbocycles. The maximum absolute atomic E-state index is 12.4. The fraction of sp³-hybridized carbons (Fsp3) is 0.444. The van der Waals surface area contributed by atoms with Gasteiger partial charge in [-0.3, -0.25) is 9.48 Å². The first-order valence-electron chi connectivity index (χ1n) is 8.56. The Morgan fingerprint density at radius 1 is 1.42 bits per heavy atom. The van der Waals surface area contributed by atoms with Gasteiger partial charge in [-0.1, -0.05) is 11.6 Å². The van der Waals surface area contributed by atoms with Crippen molar-refractivity contribution in [2.45, 2.75) is 38.8 Å². The van der Waals surface area contributed by atoms with Gasteiger partial charge in [-0.2, -0.15) is 5.10 Å². The number of anilines is 1. The van der Waals surface area contributed by atoms with Gasteiger partial charge in [0.1, 0.15) is 5.75 Å². The number of carbonyl (C=O) groups excluding carboxylic acids is 1. The molecule has 0 saturated carbocycles. The molecule has 142 valence electrons. The number of rotatable bonds is 5. The van der Waals surface area contributed by atoms with Gasteiger partial charge in [0, 0.05) is 18.4 Å². The van der Waals surface area contributed by atoms with Crippen LogP contribution in [0.5, 0.6) is 5.75 Å². The van der Waals surface area contributed by atoms with Crippen LogP contribution >= 0.6 is 24.0 Å². The molecule has 1 fully saturated rings. The van der Waals surface area contributed by atoms with Crippen LogP contribution < -0.4 is 15.4 Å². The minimum atomic E-state index is -0.254. The highest BCUT2D eigenvalue weighted by molar-refractivity contribution is 6.32. The summed E-state index contributed by atoms with van der Waals surface area (Å²) in [4.78, 5) is 12.4. The van der Waals surface area contributed by atoms with Crippen LogP contribution in [-0.4, -0.2) is 34.9 Å². The molecule has 6 nitrogen and oxygen atoms in total. The van der Waals surface area contributed by atoms with E-state index in [-0.39, 0.29) is 24.4 Å². The Morgan fingerprint density at radius 3 is 2.88 bits per heavy atom. The fourth-order valence-corrected chi connectivity index (χ4v) is 3.07. The van der Waals surface area contributed by atoms with Gasteiger partial charge in [0.05, 0.1) is 17.2 Å². The molecule has 1 aliphatic rings. The average molecular weight is 399 g/mol. The lowest BCUT2D eigenvalue weighted by molar-refractivity contribution is 0.102. The molecular formula is C18H24Cl2N4O2. The molecule has 1 atom stereocenters. The molecule has 2 N–H and O–H groups in total. The number of nitrogens with zero attached hydrogens (tertiary/aromatic N) is 2. The third kappa shape index (κ3) is 5.13. The summed E-state index contributed by atoms with van der Waals surface area (Å²) in [6.07, 6.45) is 4.09.